The third-order valence-corrected chi connectivity index (χ3v) is 10.3. The molecule has 6 atom stereocenters. The smallest absolute Gasteiger partial charge is 0.459 e. The number of methoxy groups -OCH3 is 1. The molecule has 1 fully saturated rings. The molecule has 4 aromatic rings. The molecule has 0 aliphatic carbocycles. The lowest BCUT2D eigenvalue weighted by Gasteiger charge is -2.28. The van der Waals surface area contributed by atoms with Gasteiger partial charge in [-0.3, -0.25) is 13.9 Å². The number of aromatic nitrogens is 4. The highest BCUT2D eigenvalue weighted by molar-refractivity contribution is 14.1. The van der Waals surface area contributed by atoms with Gasteiger partial charge in [-0.05, 0) is 36.1 Å². The number of nitrogens with one attached hydrogen (secondary N) is 1. The van der Waals surface area contributed by atoms with E-state index in [1.807, 2.05) is 87.5 Å². The summed E-state index contributed by atoms with van der Waals surface area (Å²) >= 11 is 1.94. The van der Waals surface area contributed by atoms with Crippen LogP contribution in [-0.2, 0) is 23.4 Å². The second-order valence-electron chi connectivity index (χ2n) is 14.1. The van der Waals surface area contributed by atoms with E-state index in [9.17, 15) is 19.6 Å². The molecule has 0 amide bonds. The number of ether oxygens (including phenoxy) is 3. The van der Waals surface area contributed by atoms with Crippen LogP contribution in [0.3, 0.4) is 0 Å². The van der Waals surface area contributed by atoms with Crippen molar-refractivity contribution in [3.63, 3.8) is 0 Å². The molecule has 1 saturated heterocycles. The first kappa shape index (κ1) is 38.1. The summed E-state index contributed by atoms with van der Waals surface area (Å²) in [5, 5.41) is 27.3. The van der Waals surface area contributed by atoms with E-state index in [0.717, 1.165) is 5.39 Å². The lowest BCUT2D eigenvalue weighted by atomic mass is 9.96. The van der Waals surface area contributed by atoms with Crippen LogP contribution in [0.1, 0.15) is 54.2 Å². The number of anilines is 1. The lowest BCUT2D eigenvalue weighted by molar-refractivity contribution is -0.149. The maximum Gasteiger partial charge on any atom is 0.459 e. The van der Waals surface area contributed by atoms with Gasteiger partial charge in [-0.25, -0.2) is 9.55 Å². The van der Waals surface area contributed by atoms with Gasteiger partial charge in [0.1, 0.15) is 29.6 Å². The molecule has 272 valence electrons. The van der Waals surface area contributed by atoms with Crippen LogP contribution in [0.5, 0.6) is 11.6 Å². The number of aliphatic hydroxyl groups excluding tert-OH is 1. The third-order valence-electron chi connectivity index (χ3n) is 7.99. The number of nitrogen functional groups attached to an aromatic ring is 1. The monoisotopic (exact) mass is 826 g/mol. The number of halogens is 1. The number of carbonyl (C=O) groups is 1. The van der Waals surface area contributed by atoms with E-state index in [4.69, 9.17) is 29.0 Å². The van der Waals surface area contributed by atoms with Gasteiger partial charge in [0.15, 0.2) is 21.2 Å². The molecule has 50 heavy (non-hydrogen) atoms. The van der Waals surface area contributed by atoms with Crippen LogP contribution in [0.4, 0.5) is 5.95 Å². The number of nitrogens with two attached hydrogens (primary N) is 1. The Morgan fingerprint density at radius 1 is 1.18 bits per heavy atom. The Kier molecular flexibility index (Phi) is 11.3. The predicted octanol–water partition coefficient (Wildman–Crippen LogP) is 4.98. The zero-order chi connectivity index (χ0) is 36.6. The fourth-order valence-corrected chi connectivity index (χ4v) is 7.82. The summed E-state index contributed by atoms with van der Waals surface area (Å²) in [6.07, 6.45) is -3.76. The first-order valence-corrected chi connectivity index (χ1v) is 18.7. The standard InChI is InChI=1S/C33H44IN6O9P/c1-18(2)15-21(28(42)46-17-32(3,4)5)39-50(44,49-22-14-10-12-19-11-8-9-13-20(19)22)47-16-23-25(41)33(6,43)29(48-23)40-26-24(36-30(40)34)27(45-7)38-31(35)37-26/h8-14,18,21,23,25,29,41,43H,15-17H2,1-7H3,(H,39,44)(H2,35,37,38)/t21-,23+,25+,29+,33+,50?/m0/s1. The van der Waals surface area contributed by atoms with Gasteiger partial charge in [0, 0.05) is 28.0 Å². The van der Waals surface area contributed by atoms with E-state index in [-0.39, 0.29) is 53.1 Å². The fraction of sp³-hybridized carbons (Fsp3) is 0.515. The number of nitrogens with zero attached hydrogens (tertiary/aromatic N) is 4. The summed E-state index contributed by atoms with van der Waals surface area (Å²) in [5.41, 5.74) is 4.17. The lowest BCUT2D eigenvalue weighted by Crippen LogP contribution is -2.45. The number of fused-ring (bicyclic) bond motifs is 2. The summed E-state index contributed by atoms with van der Waals surface area (Å²) in [5.74, 6) is -0.345. The molecular formula is C33H44IN6O9P. The van der Waals surface area contributed by atoms with Gasteiger partial charge >= 0.3 is 13.7 Å². The average molecular weight is 827 g/mol. The zero-order valence-corrected chi connectivity index (χ0v) is 32.0. The highest BCUT2D eigenvalue weighted by atomic mass is 127. The summed E-state index contributed by atoms with van der Waals surface area (Å²) in [6.45, 7) is 10.7. The second kappa shape index (κ2) is 14.9. The van der Waals surface area contributed by atoms with E-state index >= 15 is 0 Å². The topological polar surface area (TPSA) is 202 Å². The molecule has 1 aliphatic heterocycles. The highest BCUT2D eigenvalue weighted by Gasteiger charge is 2.55. The highest BCUT2D eigenvalue weighted by Crippen LogP contribution is 2.49. The van der Waals surface area contributed by atoms with E-state index in [1.54, 1.807) is 12.1 Å². The van der Waals surface area contributed by atoms with Gasteiger partial charge in [-0.2, -0.15) is 15.1 Å². The van der Waals surface area contributed by atoms with E-state index < -0.39 is 50.4 Å². The van der Waals surface area contributed by atoms with Crippen molar-refractivity contribution in [3.8, 4) is 11.6 Å². The number of imidazole rings is 1. The van der Waals surface area contributed by atoms with Crippen molar-refractivity contribution in [2.24, 2.45) is 11.3 Å². The van der Waals surface area contributed by atoms with E-state index in [0.29, 0.717) is 9.22 Å². The second-order valence-corrected chi connectivity index (χ2v) is 16.7. The Hall–Kier alpha value is -3.12. The number of benzene rings is 2. The molecule has 3 heterocycles. The van der Waals surface area contributed by atoms with Crippen molar-refractivity contribution in [3.05, 3.63) is 46.3 Å². The SMILES string of the molecule is COc1nc(N)nc2c1nc(I)n2[C@@H]1O[C@H](COP(=O)(N[C@@H](CC(C)C)C(=O)OCC(C)(C)C)Oc2cccc3ccccc23)[C@@H](O)[C@@]1(C)O. The number of carbonyl (C=O) groups excluding carboxylic acids is 1. The molecule has 0 radical (unpaired) electrons. The number of rotatable bonds is 13. The van der Waals surface area contributed by atoms with Gasteiger partial charge in [0.2, 0.25) is 11.8 Å². The summed E-state index contributed by atoms with van der Waals surface area (Å²) < 4.78 is 45.9. The van der Waals surface area contributed by atoms with Gasteiger partial charge in [-0.1, -0.05) is 71.0 Å². The first-order valence-electron chi connectivity index (χ1n) is 16.1. The van der Waals surface area contributed by atoms with Crippen LogP contribution in [0.15, 0.2) is 42.5 Å². The quantitative estimate of drug-likeness (QED) is 0.0608. The van der Waals surface area contributed by atoms with Gasteiger partial charge in [0.05, 0.1) is 20.3 Å². The van der Waals surface area contributed by atoms with Crippen molar-refractivity contribution in [1.29, 1.82) is 0 Å². The van der Waals surface area contributed by atoms with Crippen LogP contribution >= 0.6 is 30.3 Å². The molecular weight excluding hydrogens is 782 g/mol. The van der Waals surface area contributed by atoms with Gasteiger partial charge in [0.25, 0.3) is 0 Å². The molecule has 2 aromatic heterocycles. The van der Waals surface area contributed by atoms with Crippen molar-refractivity contribution in [2.75, 3.05) is 26.1 Å². The summed E-state index contributed by atoms with van der Waals surface area (Å²) in [6, 6.07) is 11.6. The molecule has 0 saturated carbocycles. The van der Waals surface area contributed by atoms with Crippen LogP contribution in [-0.4, -0.2) is 79.9 Å². The Morgan fingerprint density at radius 3 is 2.56 bits per heavy atom. The molecule has 0 bridgehead atoms. The molecule has 5 N–H and O–H groups in total. The minimum atomic E-state index is -4.44. The van der Waals surface area contributed by atoms with Crippen LogP contribution in [0.25, 0.3) is 21.9 Å². The Bertz CT molecular complexity index is 1890. The normalized spacial score (nSPS) is 22.9. The van der Waals surface area contributed by atoms with Gasteiger partial charge < -0.3 is 34.7 Å². The zero-order valence-electron chi connectivity index (χ0n) is 29.0. The molecule has 1 aliphatic rings. The maximum atomic E-state index is 14.8. The minimum absolute atomic E-state index is 0.000445. The molecule has 5 rings (SSSR count). The van der Waals surface area contributed by atoms with Crippen molar-refractivity contribution < 1.29 is 42.8 Å². The van der Waals surface area contributed by atoms with Crippen molar-refractivity contribution >= 4 is 64.2 Å². The van der Waals surface area contributed by atoms with Crippen molar-refractivity contribution in [1.82, 2.24) is 24.6 Å². The Balaban J connectivity index is 1.46. The van der Waals surface area contributed by atoms with Crippen LogP contribution in [0.2, 0.25) is 0 Å². The fourth-order valence-electron chi connectivity index (χ4n) is 5.56. The number of aliphatic hydroxyl groups is 2. The van der Waals surface area contributed by atoms with Crippen molar-refractivity contribution in [2.45, 2.75) is 78.0 Å². The molecule has 0 spiro atoms. The molecule has 17 heteroatoms. The van der Waals surface area contributed by atoms with Crippen LogP contribution in [0, 0.1) is 15.2 Å². The number of hydrogen-bond acceptors (Lipinski definition) is 13. The summed E-state index contributed by atoms with van der Waals surface area (Å²) in [7, 11) is -3.03. The van der Waals surface area contributed by atoms with E-state index in [1.165, 1.54) is 18.6 Å². The third kappa shape index (κ3) is 8.33. The number of esters is 1. The van der Waals surface area contributed by atoms with Crippen LogP contribution < -0.4 is 20.1 Å². The van der Waals surface area contributed by atoms with E-state index in [2.05, 4.69) is 20.0 Å². The molecule has 15 nitrogen and oxygen atoms in total. The molecule has 2 aromatic carbocycles. The maximum absolute atomic E-state index is 14.8. The number of hydrogen-bond donors (Lipinski definition) is 4. The Labute approximate surface area is 303 Å². The van der Waals surface area contributed by atoms with Gasteiger partial charge in [-0.15, -0.1) is 0 Å². The minimum Gasteiger partial charge on any atom is -0.479 e. The Morgan fingerprint density at radius 2 is 1.88 bits per heavy atom. The summed E-state index contributed by atoms with van der Waals surface area (Å²) in [4.78, 5) is 26.2. The first-order chi connectivity index (χ1) is 23.4. The molecule has 1 unspecified atom stereocenters. The largest absolute Gasteiger partial charge is 0.479 e. The predicted molar refractivity (Wildman–Crippen MR) is 194 cm³/mol. The average Bonchev–Trinajstić information content (AvgIpc) is 3.48.